The van der Waals surface area contributed by atoms with Crippen molar-refractivity contribution in [1.29, 1.82) is 0 Å². The fourth-order valence-electron chi connectivity index (χ4n) is 2.28. The van der Waals surface area contributed by atoms with Crippen LogP contribution in [-0.2, 0) is 13.0 Å². The monoisotopic (exact) mass is 256 g/mol. The highest BCUT2D eigenvalue weighted by atomic mass is 16.3. The molecule has 1 aliphatic heterocycles. The van der Waals surface area contributed by atoms with Gasteiger partial charge in [-0.05, 0) is 43.2 Å². The molecule has 0 saturated carbocycles. The van der Waals surface area contributed by atoms with Crippen LogP contribution in [0.2, 0.25) is 0 Å². The summed E-state index contributed by atoms with van der Waals surface area (Å²) in [5, 5.41) is 6.13. The molecule has 0 atom stereocenters. The second-order valence-corrected chi connectivity index (χ2v) is 4.74. The molecule has 0 saturated heterocycles. The zero-order valence-electron chi connectivity index (χ0n) is 10.8. The van der Waals surface area contributed by atoms with Crippen LogP contribution in [0.3, 0.4) is 0 Å². The number of fused-ring (bicyclic) bond motifs is 1. The van der Waals surface area contributed by atoms with Crippen molar-refractivity contribution in [3.8, 4) is 0 Å². The summed E-state index contributed by atoms with van der Waals surface area (Å²) in [4.78, 5) is 12.0. The SMILES string of the molecule is Cc1ccc(CNC(=O)c2ccc3c(c2)NCC3)o1. The van der Waals surface area contributed by atoms with Crippen LogP contribution >= 0.6 is 0 Å². The standard InChI is InChI=1S/C15H16N2O2/c1-10-2-5-13(19-10)9-17-15(18)12-4-3-11-6-7-16-14(11)8-12/h2-5,8,16H,6-7,9H2,1H3,(H,17,18). The summed E-state index contributed by atoms with van der Waals surface area (Å²) in [5.41, 5.74) is 3.02. The number of aryl methyl sites for hydroxylation is 1. The van der Waals surface area contributed by atoms with Crippen molar-refractivity contribution in [2.75, 3.05) is 11.9 Å². The minimum atomic E-state index is -0.0782. The van der Waals surface area contributed by atoms with E-state index in [1.807, 2.05) is 37.3 Å². The van der Waals surface area contributed by atoms with Gasteiger partial charge >= 0.3 is 0 Å². The lowest BCUT2D eigenvalue weighted by atomic mass is 10.1. The number of amides is 1. The Morgan fingerprint density at radius 3 is 3.05 bits per heavy atom. The second kappa shape index (κ2) is 4.80. The fraction of sp³-hybridized carbons (Fsp3) is 0.267. The topological polar surface area (TPSA) is 54.3 Å². The maximum atomic E-state index is 12.0. The van der Waals surface area contributed by atoms with Crippen molar-refractivity contribution in [2.45, 2.75) is 19.9 Å². The fourth-order valence-corrected chi connectivity index (χ4v) is 2.28. The van der Waals surface area contributed by atoms with E-state index < -0.39 is 0 Å². The number of anilines is 1. The molecule has 0 bridgehead atoms. The smallest absolute Gasteiger partial charge is 0.251 e. The molecule has 98 valence electrons. The summed E-state index contributed by atoms with van der Waals surface area (Å²) in [6, 6.07) is 9.56. The van der Waals surface area contributed by atoms with E-state index >= 15 is 0 Å². The number of carbonyl (C=O) groups is 1. The third-order valence-corrected chi connectivity index (χ3v) is 3.30. The molecule has 3 rings (SSSR count). The molecule has 4 nitrogen and oxygen atoms in total. The number of carbonyl (C=O) groups excluding carboxylic acids is 1. The summed E-state index contributed by atoms with van der Waals surface area (Å²) < 4.78 is 5.42. The Hall–Kier alpha value is -2.23. The van der Waals surface area contributed by atoms with Crippen LogP contribution in [0.4, 0.5) is 5.69 Å². The molecule has 0 fully saturated rings. The highest BCUT2D eigenvalue weighted by Crippen LogP contribution is 2.23. The maximum Gasteiger partial charge on any atom is 0.251 e. The van der Waals surface area contributed by atoms with E-state index in [1.54, 1.807) is 0 Å². The highest BCUT2D eigenvalue weighted by molar-refractivity contribution is 5.95. The van der Waals surface area contributed by atoms with Crippen molar-refractivity contribution < 1.29 is 9.21 Å². The van der Waals surface area contributed by atoms with Gasteiger partial charge in [0.15, 0.2) is 0 Å². The van der Waals surface area contributed by atoms with Crippen LogP contribution in [0.15, 0.2) is 34.7 Å². The molecule has 2 N–H and O–H groups in total. The van der Waals surface area contributed by atoms with Crippen molar-refractivity contribution in [2.24, 2.45) is 0 Å². The number of benzene rings is 1. The van der Waals surface area contributed by atoms with E-state index in [0.29, 0.717) is 12.1 Å². The molecule has 1 aliphatic rings. The summed E-state index contributed by atoms with van der Waals surface area (Å²) in [6.45, 7) is 3.25. The molecule has 0 unspecified atom stereocenters. The van der Waals surface area contributed by atoms with E-state index in [2.05, 4.69) is 10.6 Å². The Labute approximate surface area is 111 Å². The van der Waals surface area contributed by atoms with E-state index in [-0.39, 0.29) is 5.91 Å². The lowest BCUT2D eigenvalue weighted by Gasteiger charge is -2.06. The minimum Gasteiger partial charge on any atom is -0.465 e. The van der Waals surface area contributed by atoms with E-state index in [0.717, 1.165) is 30.2 Å². The Kier molecular flexibility index (Phi) is 2.99. The van der Waals surface area contributed by atoms with Crippen molar-refractivity contribution in [3.63, 3.8) is 0 Å². The van der Waals surface area contributed by atoms with Gasteiger partial charge in [-0.25, -0.2) is 0 Å². The van der Waals surface area contributed by atoms with Gasteiger partial charge in [-0.2, -0.15) is 0 Å². The number of hydrogen-bond donors (Lipinski definition) is 2. The van der Waals surface area contributed by atoms with Crippen LogP contribution in [0.25, 0.3) is 0 Å². The van der Waals surface area contributed by atoms with Crippen molar-refractivity contribution >= 4 is 11.6 Å². The average Bonchev–Trinajstić information content (AvgIpc) is 3.03. The number of furan rings is 1. The van der Waals surface area contributed by atoms with Crippen LogP contribution in [0.1, 0.15) is 27.4 Å². The third-order valence-electron chi connectivity index (χ3n) is 3.30. The lowest BCUT2D eigenvalue weighted by molar-refractivity contribution is 0.0948. The molecule has 0 spiro atoms. The Morgan fingerprint density at radius 2 is 2.26 bits per heavy atom. The number of hydrogen-bond acceptors (Lipinski definition) is 3. The molecule has 1 aromatic carbocycles. The molecule has 2 aromatic rings. The lowest BCUT2D eigenvalue weighted by Crippen LogP contribution is -2.22. The first-order chi connectivity index (χ1) is 9.22. The van der Waals surface area contributed by atoms with Crippen molar-refractivity contribution in [3.05, 3.63) is 53.0 Å². The largest absolute Gasteiger partial charge is 0.465 e. The number of nitrogens with one attached hydrogen (secondary N) is 2. The van der Waals surface area contributed by atoms with E-state index in [4.69, 9.17) is 4.42 Å². The highest BCUT2D eigenvalue weighted by Gasteiger charge is 2.13. The minimum absolute atomic E-state index is 0.0782. The first-order valence-electron chi connectivity index (χ1n) is 6.43. The summed E-state index contributed by atoms with van der Waals surface area (Å²) in [5.74, 6) is 1.54. The van der Waals surface area contributed by atoms with Gasteiger partial charge in [0.2, 0.25) is 0 Å². The van der Waals surface area contributed by atoms with Crippen LogP contribution < -0.4 is 10.6 Å². The maximum absolute atomic E-state index is 12.0. The molecule has 1 amide bonds. The van der Waals surface area contributed by atoms with Gasteiger partial charge in [-0.15, -0.1) is 0 Å². The van der Waals surface area contributed by atoms with Gasteiger partial charge < -0.3 is 15.1 Å². The molecule has 2 heterocycles. The normalized spacial score (nSPS) is 12.9. The predicted octanol–water partition coefficient (Wildman–Crippen LogP) is 2.49. The molecule has 19 heavy (non-hydrogen) atoms. The molecule has 1 aromatic heterocycles. The van der Waals surface area contributed by atoms with Crippen molar-refractivity contribution in [1.82, 2.24) is 5.32 Å². The zero-order valence-corrected chi connectivity index (χ0v) is 10.8. The second-order valence-electron chi connectivity index (χ2n) is 4.74. The Bertz CT molecular complexity index is 616. The quantitative estimate of drug-likeness (QED) is 0.887. The van der Waals surface area contributed by atoms with Gasteiger partial charge in [0.25, 0.3) is 5.91 Å². The van der Waals surface area contributed by atoms with Gasteiger partial charge in [-0.3, -0.25) is 4.79 Å². The summed E-state index contributed by atoms with van der Waals surface area (Å²) in [6.07, 6.45) is 1.03. The third kappa shape index (κ3) is 2.47. The molecular formula is C15H16N2O2. The van der Waals surface area contributed by atoms with Crippen LogP contribution in [0.5, 0.6) is 0 Å². The molecule has 0 radical (unpaired) electrons. The van der Waals surface area contributed by atoms with Gasteiger partial charge in [0, 0.05) is 17.8 Å². The van der Waals surface area contributed by atoms with Gasteiger partial charge in [0.1, 0.15) is 11.5 Å². The van der Waals surface area contributed by atoms with E-state index in [1.165, 1.54) is 5.56 Å². The Balaban J connectivity index is 1.67. The zero-order chi connectivity index (χ0) is 13.2. The molecule has 4 heteroatoms. The first kappa shape index (κ1) is 11.8. The Morgan fingerprint density at radius 1 is 1.37 bits per heavy atom. The number of rotatable bonds is 3. The van der Waals surface area contributed by atoms with Gasteiger partial charge in [-0.1, -0.05) is 6.07 Å². The predicted molar refractivity (Wildman–Crippen MR) is 73.3 cm³/mol. The van der Waals surface area contributed by atoms with Crippen LogP contribution in [-0.4, -0.2) is 12.5 Å². The summed E-state index contributed by atoms with van der Waals surface area (Å²) >= 11 is 0. The first-order valence-corrected chi connectivity index (χ1v) is 6.43. The van der Waals surface area contributed by atoms with E-state index in [9.17, 15) is 4.79 Å². The van der Waals surface area contributed by atoms with Gasteiger partial charge in [0.05, 0.1) is 6.54 Å². The average molecular weight is 256 g/mol. The summed E-state index contributed by atoms with van der Waals surface area (Å²) in [7, 11) is 0. The van der Waals surface area contributed by atoms with Crippen LogP contribution in [0, 0.1) is 6.92 Å². The molecular weight excluding hydrogens is 240 g/mol. The molecule has 0 aliphatic carbocycles.